The van der Waals surface area contributed by atoms with E-state index in [2.05, 4.69) is 254 Å². The molecule has 3 aliphatic rings. The Kier molecular flexibility index (Phi) is 11.0. The fraction of sp³-hybridized carbons (Fsp3) is 0.159. The number of hydrogen-bond donors (Lipinski definition) is 0. The molecule has 0 bridgehead atoms. The molecular formula is C63H55Zr. The SMILES string of the molecule is CC(C)(C)c1cc(-c2ccccc2)c2c(c1)=[C]([Zr]=[C](c1ccccc1)c1ccccc1)C1=C(C3=CC=CC3)C(c3ccccc3)(C(C)(C)C)C(c3ccccc3)=C(c3ccccc3)C=21. The normalized spacial score (nSPS) is 17.0. The Bertz CT molecular complexity index is 3130. The first kappa shape index (κ1) is 42.0. The maximum atomic E-state index is 2.62. The van der Waals surface area contributed by atoms with Crippen LogP contribution in [0.5, 0.6) is 0 Å². The fourth-order valence-electron chi connectivity index (χ4n) is 10.7. The Morgan fingerprint density at radius 2 is 1.00 bits per heavy atom. The molecule has 0 radical (unpaired) electrons. The van der Waals surface area contributed by atoms with Crippen LogP contribution in [0, 0.1) is 5.41 Å². The third-order valence-corrected chi connectivity index (χ3v) is 17.5. The number of rotatable bonds is 8. The van der Waals surface area contributed by atoms with E-state index in [1.165, 1.54) is 91.6 Å². The van der Waals surface area contributed by atoms with Crippen molar-refractivity contribution in [1.82, 2.24) is 0 Å². The molecule has 311 valence electrons. The monoisotopic (exact) mass is 901 g/mol. The zero-order valence-electron chi connectivity index (χ0n) is 37.9. The van der Waals surface area contributed by atoms with Gasteiger partial charge < -0.3 is 0 Å². The first-order chi connectivity index (χ1) is 31.1. The minimum absolute atomic E-state index is 0.0832. The quantitative estimate of drug-likeness (QED) is 0.143. The van der Waals surface area contributed by atoms with E-state index in [1.807, 2.05) is 0 Å². The van der Waals surface area contributed by atoms with Gasteiger partial charge in [-0.25, -0.2) is 0 Å². The van der Waals surface area contributed by atoms with Crippen molar-refractivity contribution in [2.45, 2.75) is 58.8 Å². The van der Waals surface area contributed by atoms with Gasteiger partial charge in [-0.05, 0) is 0 Å². The summed E-state index contributed by atoms with van der Waals surface area (Å²) in [5.74, 6) is 0. The molecule has 1 unspecified atom stereocenters. The van der Waals surface area contributed by atoms with Crippen LogP contribution in [0.15, 0.2) is 229 Å². The van der Waals surface area contributed by atoms with Crippen molar-refractivity contribution in [3.8, 4) is 11.1 Å². The molecule has 3 aliphatic carbocycles. The molecule has 7 aromatic rings. The van der Waals surface area contributed by atoms with E-state index in [1.54, 1.807) is 3.28 Å². The van der Waals surface area contributed by atoms with Gasteiger partial charge >= 0.3 is 394 Å². The average Bonchev–Trinajstić information content (AvgIpc) is 3.97. The van der Waals surface area contributed by atoms with Gasteiger partial charge in [0.25, 0.3) is 0 Å². The second kappa shape index (κ2) is 16.8. The second-order valence-electron chi connectivity index (χ2n) is 19.5. The first-order valence-electron chi connectivity index (χ1n) is 22.8. The van der Waals surface area contributed by atoms with E-state index >= 15 is 0 Å². The van der Waals surface area contributed by atoms with Crippen LogP contribution in [0.4, 0.5) is 0 Å². The summed E-state index contributed by atoms with van der Waals surface area (Å²) in [5.41, 5.74) is 17.9. The molecule has 10 rings (SSSR count). The Labute approximate surface area is 391 Å². The second-order valence-corrected chi connectivity index (χ2v) is 22.5. The van der Waals surface area contributed by atoms with Crippen LogP contribution in [0.1, 0.15) is 81.3 Å². The van der Waals surface area contributed by atoms with Gasteiger partial charge in [-0.2, -0.15) is 0 Å². The number of allylic oxidation sites excluding steroid dienone is 8. The summed E-state index contributed by atoms with van der Waals surface area (Å²) in [6, 6.07) is 73.3. The molecule has 0 fully saturated rings. The van der Waals surface area contributed by atoms with Crippen LogP contribution in [-0.2, 0) is 33.6 Å². The van der Waals surface area contributed by atoms with E-state index in [0.717, 1.165) is 6.42 Å². The molecule has 0 N–H and O–H groups in total. The van der Waals surface area contributed by atoms with Crippen molar-refractivity contribution in [2.75, 3.05) is 0 Å². The summed E-state index contributed by atoms with van der Waals surface area (Å²) < 4.78 is 3.06. The van der Waals surface area contributed by atoms with E-state index < -0.39 is 28.2 Å². The van der Waals surface area contributed by atoms with Gasteiger partial charge in [-0.3, -0.25) is 0 Å². The Morgan fingerprint density at radius 1 is 0.500 bits per heavy atom. The summed E-state index contributed by atoms with van der Waals surface area (Å²) in [5, 5.41) is 2.78. The molecule has 0 aliphatic heterocycles. The maximum absolute atomic E-state index is 2.62. The molecule has 0 aromatic heterocycles. The summed E-state index contributed by atoms with van der Waals surface area (Å²) in [6.45, 7) is 14.6. The van der Waals surface area contributed by atoms with E-state index in [4.69, 9.17) is 0 Å². The third-order valence-electron chi connectivity index (χ3n) is 13.5. The van der Waals surface area contributed by atoms with Gasteiger partial charge in [0.2, 0.25) is 0 Å². The fourth-order valence-corrected chi connectivity index (χ4v) is 14.6. The molecule has 0 saturated heterocycles. The molecule has 0 saturated carbocycles. The van der Waals surface area contributed by atoms with Crippen LogP contribution in [0.2, 0.25) is 0 Å². The van der Waals surface area contributed by atoms with Gasteiger partial charge in [0, 0.05) is 0 Å². The van der Waals surface area contributed by atoms with E-state index in [-0.39, 0.29) is 10.8 Å². The molecule has 0 heterocycles. The van der Waals surface area contributed by atoms with Crippen molar-refractivity contribution < 1.29 is 22.8 Å². The molecular weight excluding hydrogens is 848 g/mol. The van der Waals surface area contributed by atoms with Gasteiger partial charge in [-0.1, -0.05) is 0 Å². The van der Waals surface area contributed by atoms with Crippen LogP contribution in [0.25, 0.3) is 31.1 Å². The van der Waals surface area contributed by atoms with Crippen molar-refractivity contribution in [3.63, 3.8) is 0 Å². The van der Waals surface area contributed by atoms with Crippen molar-refractivity contribution in [1.29, 1.82) is 0 Å². The minimum atomic E-state index is -1.70. The zero-order chi connectivity index (χ0) is 44.1. The predicted octanol–water partition coefficient (Wildman–Crippen LogP) is 14.1. The molecule has 0 spiro atoms. The third kappa shape index (κ3) is 7.14. The van der Waals surface area contributed by atoms with Crippen molar-refractivity contribution >= 4 is 23.2 Å². The number of hydrogen-bond acceptors (Lipinski definition) is 0. The topological polar surface area (TPSA) is 0 Å². The Hall–Kier alpha value is -6.01. The molecule has 1 atom stereocenters. The van der Waals surface area contributed by atoms with Crippen LogP contribution < -0.4 is 10.4 Å². The van der Waals surface area contributed by atoms with Crippen molar-refractivity contribution in [2.24, 2.45) is 5.41 Å². The molecule has 7 aromatic carbocycles. The zero-order valence-corrected chi connectivity index (χ0v) is 40.4. The Balaban J connectivity index is 1.56. The van der Waals surface area contributed by atoms with Gasteiger partial charge in [-0.15, -0.1) is 0 Å². The van der Waals surface area contributed by atoms with Crippen LogP contribution >= 0.6 is 0 Å². The standard InChI is InChI=1S/C50H45.C13H10.Zr/c1-48(2,3)40-31-38-32-42-45(43(38)41(33-40)34-21-11-7-12-22-34)44(35-23-13-8-14-24-35)47(37-25-15-9-16-26-37)50(49(4,5)6,39-29-17-10-18-30-39)46(42)36-27-19-20-28-36;1-3-7-12(8-4-1)11-13-9-5-2-6-10-13;/h7-27,29-31,33H,28H2,1-6H3;1-10H;. The molecule has 1 heteroatoms. The van der Waals surface area contributed by atoms with E-state index in [9.17, 15) is 0 Å². The van der Waals surface area contributed by atoms with E-state index in [0.29, 0.717) is 0 Å². The molecule has 64 heavy (non-hydrogen) atoms. The molecule has 0 nitrogen and oxygen atoms in total. The Morgan fingerprint density at radius 3 is 1.50 bits per heavy atom. The summed E-state index contributed by atoms with van der Waals surface area (Å²) in [7, 11) is 0. The number of fused-ring (bicyclic) bond motifs is 2. The molecule has 0 amide bonds. The van der Waals surface area contributed by atoms with Crippen LogP contribution in [0.3, 0.4) is 0 Å². The average molecular weight is 903 g/mol. The predicted molar refractivity (Wildman–Crippen MR) is 269 cm³/mol. The first-order valence-corrected chi connectivity index (χ1v) is 25.3. The number of benzene rings is 7. The van der Waals surface area contributed by atoms with Gasteiger partial charge in [0.05, 0.1) is 0 Å². The summed E-state index contributed by atoms with van der Waals surface area (Å²) >= 11 is -1.70. The van der Waals surface area contributed by atoms with Gasteiger partial charge in [0.15, 0.2) is 0 Å². The van der Waals surface area contributed by atoms with Crippen LogP contribution in [-0.4, -0.2) is 3.21 Å². The van der Waals surface area contributed by atoms with Crippen molar-refractivity contribution in [3.05, 3.63) is 273 Å². The summed E-state index contributed by atoms with van der Waals surface area (Å²) in [6.07, 6.45) is 8.02. The van der Waals surface area contributed by atoms with Gasteiger partial charge in [0.1, 0.15) is 0 Å². The summed E-state index contributed by atoms with van der Waals surface area (Å²) in [4.78, 5) is 0.